The lowest BCUT2D eigenvalue weighted by Crippen LogP contribution is -2.35. The second-order valence-corrected chi connectivity index (χ2v) is 6.21. The number of hydrogen-bond donors (Lipinski definition) is 0. The molecule has 0 bridgehead atoms. The van der Waals surface area contributed by atoms with E-state index in [1.807, 2.05) is 57.5 Å². The van der Waals surface area contributed by atoms with Crippen molar-refractivity contribution in [2.24, 2.45) is 0 Å². The smallest absolute Gasteiger partial charge is 0.257 e. The Kier molecular flexibility index (Phi) is 4.03. The van der Waals surface area contributed by atoms with Gasteiger partial charge in [-0.1, -0.05) is 24.3 Å². The number of carbonyl (C=O) groups excluding carboxylic acids is 1. The van der Waals surface area contributed by atoms with Crippen molar-refractivity contribution in [3.8, 4) is 5.75 Å². The highest BCUT2D eigenvalue weighted by molar-refractivity contribution is 6.01. The van der Waals surface area contributed by atoms with Crippen LogP contribution in [-0.4, -0.2) is 56.0 Å². The number of nitrogens with zero attached hydrogens (tertiary/aromatic N) is 2. The Morgan fingerprint density at radius 2 is 1.91 bits per heavy atom. The normalized spacial score (nSPS) is 18.3. The largest absolute Gasteiger partial charge is 0.488 e. The zero-order chi connectivity index (χ0) is 15.7. The minimum Gasteiger partial charge on any atom is -0.488 e. The monoisotopic (exact) mass is 298 g/mol. The molecule has 4 heteroatoms. The highest BCUT2D eigenvalue weighted by Gasteiger charge is 2.27. The fourth-order valence-corrected chi connectivity index (χ4v) is 2.85. The van der Waals surface area contributed by atoms with E-state index in [9.17, 15) is 4.79 Å². The fourth-order valence-electron chi connectivity index (χ4n) is 2.85. The van der Waals surface area contributed by atoms with Crippen LogP contribution in [0.15, 0.2) is 36.4 Å². The Balaban J connectivity index is 1.98. The molecule has 4 nitrogen and oxygen atoms in total. The molecule has 1 aliphatic rings. The molecule has 1 amide bonds. The first kappa shape index (κ1) is 14.9. The first-order valence-corrected chi connectivity index (χ1v) is 7.64. The van der Waals surface area contributed by atoms with E-state index in [4.69, 9.17) is 4.74 Å². The molecule has 0 radical (unpaired) electrons. The molecular formula is C18H22N2O2. The molecule has 0 aliphatic carbocycles. The van der Waals surface area contributed by atoms with E-state index in [1.165, 1.54) is 0 Å². The molecule has 0 saturated heterocycles. The van der Waals surface area contributed by atoms with E-state index in [1.54, 1.807) is 4.90 Å². The van der Waals surface area contributed by atoms with Gasteiger partial charge in [0.15, 0.2) is 0 Å². The molecule has 0 fully saturated rings. The predicted octanol–water partition coefficient (Wildman–Crippen LogP) is 2.62. The van der Waals surface area contributed by atoms with Crippen LogP contribution in [0.4, 0.5) is 0 Å². The number of ether oxygens (including phenoxy) is 1. The summed E-state index contributed by atoms with van der Waals surface area (Å²) in [6.07, 6.45) is 0.926. The average molecular weight is 298 g/mol. The number of fused-ring (bicyclic) bond motifs is 2. The maximum absolute atomic E-state index is 12.6. The SMILES string of the molecule is CN(C)CCC1CN(C)C(=O)c2cc3ccccc3cc2O1. The van der Waals surface area contributed by atoms with Crippen LogP contribution in [0.5, 0.6) is 5.75 Å². The van der Waals surface area contributed by atoms with Crippen molar-refractivity contribution < 1.29 is 9.53 Å². The Morgan fingerprint density at radius 1 is 1.23 bits per heavy atom. The van der Waals surface area contributed by atoms with Crippen LogP contribution in [0.2, 0.25) is 0 Å². The van der Waals surface area contributed by atoms with Gasteiger partial charge in [-0.15, -0.1) is 0 Å². The topological polar surface area (TPSA) is 32.8 Å². The number of carbonyl (C=O) groups is 1. The molecule has 22 heavy (non-hydrogen) atoms. The maximum atomic E-state index is 12.6. The van der Waals surface area contributed by atoms with Gasteiger partial charge in [0.1, 0.15) is 11.9 Å². The first-order valence-electron chi connectivity index (χ1n) is 7.64. The lowest BCUT2D eigenvalue weighted by molar-refractivity contribution is 0.0750. The van der Waals surface area contributed by atoms with Gasteiger partial charge in [-0.25, -0.2) is 0 Å². The van der Waals surface area contributed by atoms with Crippen LogP contribution in [-0.2, 0) is 0 Å². The van der Waals surface area contributed by atoms with Gasteiger partial charge < -0.3 is 14.5 Å². The average Bonchev–Trinajstić information content (AvgIpc) is 2.61. The minimum absolute atomic E-state index is 0.0266. The van der Waals surface area contributed by atoms with Crippen molar-refractivity contribution in [2.75, 3.05) is 34.2 Å². The standard InChI is InChI=1S/C18H22N2O2/c1-19(2)9-8-15-12-20(3)18(21)16-10-13-6-4-5-7-14(13)11-17(16)22-15/h4-7,10-11,15H,8-9,12H2,1-3H3. The van der Waals surface area contributed by atoms with Gasteiger partial charge in [0.25, 0.3) is 5.91 Å². The summed E-state index contributed by atoms with van der Waals surface area (Å²) in [5.41, 5.74) is 0.661. The minimum atomic E-state index is 0.0266. The lowest BCUT2D eigenvalue weighted by Gasteiger charge is -2.22. The summed E-state index contributed by atoms with van der Waals surface area (Å²) in [6, 6.07) is 12.0. The van der Waals surface area contributed by atoms with Crippen molar-refractivity contribution in [2.45, 2.75) is 12.5 Å². The molecule has 0 N–H and O–H groups in total. The van der Waals surface area contributed by atoms with Crippen LogP contribution in [0.1, 0.15) is 16.8 Å². The second kappa shape index (κ2) is 5.97. The number of hydrogen-bond acceptors (Lipinski definition) is 3. The zero-order valence-electron chi connectivity index (χ0n) is 13.4. The molecule has 1 atom stereocenters. The van der Waals surface area contributed by atoms with E-state index in [0.29, 0.717) is 17.9 Å². The van der Waals surface area contributed by atoms with Crippen LogP contribution in [0.25, 0.3) is 10.8 Å². The summed E-state index contributed by atoms with van der Waals surface area (Å²) in [4.78, 5) is 16.5. The number of rotatable bonds is 3. The van der Waals surface area contributed by atoms with Gasteiger partial charge in [-0.3, -0.25) is 4.79 Å². The summed E-state index contributed by atoms with van der Waals surface area (Å²) in [6.45, 7) is 1.56. The van der Waals surface area contributed by atoms with Crippen LogP contribution < -0.4 is 4.74 Å². The van der Waals surface area contributed by atoms with Crippen molar-refractivity contribution in [3.05, 3.63) is 42.0 Å². The van der Waals surface area contributed by atoms with Gasteiger partial charge in [-0.05, 0) is 43.4 Å². The zero-order valence-corrected chi connectivity index (χ0v) is 13.4. The van der Waals surface area contributed by atoms with Gasteiger partial charge in [-0.2, -0.15) is 0 Å². The lowest BCUT2D eigenvalue weighted by atomic mass is 10.1. The van der Waals surface area contributed by atoms with Crippen LogP contribution in [0, 0.1) is 0 Å². The summed E-state index contributed by atoms with van der Waals surface area (Å²) in [5, 5.41) is 2.17. The van der Waals surface area contributed by atoms with Crippen molar-refractivity contribution in [3.63, 3.8) is 0 Å². The molecule has 0 saturated carbocycles. The molecule has 0 aromatic heterocycles. The van der Waals surface area contributed by atoms with E-state index in [2.05, 4.69) is 4.90 Å². The Morgan fingerprint density at radius 3 is 2.59 bits per heavy atom. The Labute approximate surface area is 131 Å². The summed E-state index contributed by atoms with van der Waals surface area (Å²) >= 11 is 0. The van der Waals surface area contributed by atoms with E-state index >= 15 is 0 Å². The van der Waals surface area contributed by atoms with Gasteiger partial charge in [0, 0.05) is 13.6 Å². The Bertz CT molecular complexity index is 697. The maximum Gasteiger partial charge on any atom is 0.257 e. The predicted molar refractivity (Wildman–Crippen MR) is 88.5 cm³/mol. The number of likely N-dealkylation sites (N-methyl/N-ethyl adjacent to an activating group) is 1. The molecule has 116 valence electrons. The van der Waals surface area contributed by atoms with Crippen molar-refractivity contribution >= 4 is 16.7 Å². The molecule has 1 heterocycles. The number of benzene rings is 2. The van der Waals surface area contributed by atoms with Crippen molar-refractivity contribution in [1.29, 1.82) is 0 Å². The quantitative estimate of drug-likeness (QED) is 0.873. The van der Waals surface area contributed by atoms with E-state index < -0.39 is 0 Å². The molecule has 0 spiro atoms. The Hall–Kier alpha value is -2.07. The summed E-state index contributed by atoms with van der Waals surface area (Å²) in [5.74, 6) is 0.741. The van der Waals surface area contributed by atoms with Gasteiger partial charge in [0.2, 0.25) is 0 Å². The molecule has 3 rings (SSSR count). The summed E-state index contributed by atoms with van der Waals surface area (Å²) in [7, 11) is 5.94. The van der Waals surface area contributed by atoms with Crippen molar-refractivity contribution in [1.82, 2.24) is 9.80 Å². The van der Waals surface area contributed by atoms with Crippen LogP contribution in [0.3, 0.4) is 0 Å². The fraction of sp³-hybridized carbons (Fsp3) is 0.389. The second-order valence-electron chi connectivity index (χ2n) is 6.21. The molecule has 1 unspecified atom stereocenters. The number of amides is 1. The molecule has 2 aromatic rings. The third-order valence-electron chi connectivity index (χ3n) is 4.09. The molecule has 1 aliphatic heterocycles. The van der Waals surface area contributed by atoms with Gasteiger partial charge in [0.05, 0.1) is 12.1 Å². The van der Waals surface area contributed by atoms with Gasteiger partial charge >= 0.3 is 0 Å². The van der Waals surface area contributed by atoms with E-state index in [0.717, 1.165) is 23.7 Å². The first-order chi connectivity index (χ1) is 10.5. The van der Waals surface area contributed by atoms with Crippen LogP contribution >= 0.6 is 0 Å². The summed E-state index contributed by atoms with van der Waals surface area (Å²) < 4.78 is 6.17. The van der Waals surface area contributed by atoms with E-state index in [-0.39, 0.29) is 12.0 Å². The third kappa shape index (κ3) is 2.92. The highest BCUT2D eigenvalue weighted by atomic mass is 16.5. The molecular weight excluding hydrogens is 276 g/mol. The highest BCUT2D eigenvalue weighted by Crippen LogP contribution is 2.30. The third-order valence-corrected chi connectivity index (χ3v) is 4.09. The molecule has 2 aromatic carbocycles.